The summed E-state index contributed by atoms with van der Waals surface area (Å²) < 4.78 is 10.7. The Morgan fingerprint density at radius 1 is 1.00 bits per heavy atom. The van der Waals surface area contributed by atoms with Crippen molar-refractivity contribution in [3.8, 4) is 22.8 Å². The van der Waals surface area contributed by atoms with Crippen molar-refractivity contribution in [1.29, 1.82) is 0 Å². The molecular weight excluding hydrogens is 230 g/mol. The van der Waals surface area contributed by atoms with Gasteiger partial charge in [-0.1, -0.05) is 0 Å². The fourth-order valence-electron chi connectivity index (χ4n) is 1.76. The highest BCUT2D eigenvalue weighted by Crippen LogP contribution is 2.38. The summed E-state index contributed by atoms with van der Waals surface area (Å²) in [6.45, 7) is 1.98. The maximum Gasteiger partial charge on any atom is 0.141 e. The van der Waals surface area contributed by atoms with Crippen molar-refractivity contribution < 1.29 is 9.47 Å². The van der Waals surface area contributed by atoms with Crippen molar-refractivity contribution in [1.82, 2.24) is 9.97 Å². The van der Waals surface area contributed by atoms with Crippen LogP contribution in [0.25, 0.3) is 11.3 Å². The van der Waals surface area contributed by atoms with Gasteiger partial charge >= 0.3 is 0 Å². The van der Waals surface area contributed by atoms with E-state index >= 15 is 0 Å². The van der Waals surface area contributed by atoms with Crippen LogP contribution in [0.3, 0.4) is 0 Å². The number of aromatic nitrogens is 2. The molecule has 1 aromatic carbocycles. The molecule has 94 valence electrons. The summed E-state index contributed by atoms with van der Waals surface area (Å²) in [5.41, 5.74) is 8.03. The minimum absolute atomic E-state index is 0.379. The number of rotatable bonds is 3. The summed E-state index contributed by atoms with van der Waals surface area (Å²) in [6.07, 6.45) is 3.11. The van der Waals surface area contributed by atoms with Gasteiger partial charge < -0.3 is 15.2 Å². The van der Waals surface area contributed by atoms with Gasteiger partial charge in [0.25, 0.3) is 0 Å². The average molecular weight is 245 g/mol. The molecule has 2 N–H and O–H groups in total. The van der Waals surface area contributed by atoms with Crippen molar-refractivity contribution in [2.75, 3.05) is 20.0 Å². The van der Waals surface area contributed by atoms with Crippen molar-refractivity contribution in [2.24, 2.45) is 0 Å². The molecule has 0 aliphatic carbocycles. The normalized spacial score (nSPS) is 10.2. The van der Waals surface area contributed by atoms with Crippen LogP contribution in [0.15, 0.2) is 24.5 Å². The number of nitrogens with zero attached hydrogens (tertiary/aromatic N) is 2. The minimum atomic E-state index is 0.379. The average Bonchev–Trinajstić information content (AvgIpc) is 2.39. The lowest BCUT2D eigenvalue weighted by Gasteiger charge is -2.13. The zero-order chi connectivity index (χ0) is 13.1. The fourth-order valence-corrected chi connectivity index (χ4v) is 1.76. The first-order valence-electron chi connectivity index (χ1n) is 5.46. The Morgan fingerprint density at radius 2 is 1.61 bits per heavy atom. The molecule has 0 saturated heterocycles. The third kappa shape index (κ3) is 2.20. The zero-order valence-corrected chi connectivity index (χ0v) is 10.6. The van der Waals surface area contributed by atoms with E-state index in [4.69, 9.17) is 15.2 Å². The largest absolute Gasteiger partial charge is 0.496 e. The Labute approximate surface area is 106 Å². The Kier molecular flexibility index (Phi) is 3.32. The van der Waals surface area contributed by atoms with Crippen molar-refractivity contribution in [3.63, 3.8) is 0 Å². The Morgan fingerprint density at radius 3 is 2.06 bits per heavy atom. The monoisotopic (exact) mass is 245 g/mol. The highest BCUT2D eigenvalue weighted by molar-refractivity contribution is 5.74. The van der Waals surface area contributed by atoms with Crippen LogP contribution in [0.2, 0.25) is 0 Å². The summed E-state index contributed by atoms with van der Waals surface area (Å²) >= 11 is 0. The summed E-state index contributed by atoms with van der Waals surface area (Å²) in [6, 6.07) is 3.85. The molecule has 0 radical (unpaired) electrons. The van der Waals surface area contributed by atoms with E-state index in [9.17, 15) is 0 Å². The Bertz CT molecular complexity index is 528. The van der Waals surface area contributed by atoms with E-state index in [2.05, 4.69) is 9.97 Å². The van der Waals surface area contributed by atoms with Crippen molar-refractivity contribution in [2.45, 2.75) is 6.92 Å². The molecule has 0 spiro atoms. The van der Waals surface area contributed by atoms with Crippen LogP contribution in [0.4, 0.5) is 5.82 Å². The van der Waals surface area contributed by atoms with Crippen LogP contribution in [0, 0.1) is 6.92 Å². The van der Waals surface area contributed by atoms with E-state index in [1.807, 2.05) is 19.1 Å². The molecule has 5 nitrogen and oxygen atoms in total. The molecule has 0 atom stereocenters. The first-order valence-corrected chi connectivity index (χ1v) is 5.46. The van der Waals surface area contributed by atoms with Crippen LogP contribution >= 0.6 is 0 Å². The lowest BCUT2D eigenvalue weighted by atomic mass is 10.1. The van der Waals surface area contributed by atoms with Crippen LogP contribution in [-0.2, 0) is 0 Å². The molecule has 2 aromatic rings. The van der Waals surface area contributed by atoms with Crippen LogP contribution < -0.4 is 15.2 Å². The van der Waals surface area contributed by atoms with Gasteiger partial charge in [0.05, 0.1) is 37.9 Å². The first kappa shape index (κ1) is 12.2. The third-order valence-electron chi connectivity index (χ3n) is 2.58. The zero-order valence-electron chi connectivity index (χ0n) is 10.6. The highest BCUT2D eigenvalue weighted by Gasteiger charge is 2.15. The molecule has 0 unspecified atom stereocenters. The van der Waals surface area contributed by atoms with Gasteiger partial charge in [0, 0.05) is 0 Å². The maximum absolute atomic E-state index is 5.53. The number of methoxy groups -OCH3 is 2. The van der Waals surface area contributed by atoms with Crippen LogP contribution in [-0.4, -0.2) is 24.2 Å². The molecule has 0 saturated carbocycles. The van der Waals surface area contributed by atoms with Crippen LogP contribution in [0.5, 0.6) is 11.5 Å². The molecule has 0 aliphatic rings. The van der Waals surface area contributed by atoms with Gasteiger partial charge in [-0.15, -0.1) is 0 Å². The fraction of sp³-hybridized carbons (Fsp3) is 0.231. The SMILES string of the molecule is COc1cc(C)cc(OC)c1-c1cnc(N)cn1. The third-order valence-corrected chi connectivity index (χ3v) is 2.58. The van der Waals surface area contributed by atoms with E-state index < -0.39 is 0 Å². The van der Waals surface area contributed by atoms with E-state index in [0.717, 1.165) is 11.1 Å². The minimum Gasteiger partial charge on any atom is -0.496 e. The second-order valence-corrected chi connectivity index (χ2v) is 3.87. The topological polar surface area (TPSA) is 70.3 Å². The number of hydrogen-bond donors (Lipinski definition) is 1. The van der Waals surface area contributed by atoms with Gasteiger partial charge in [0.1, 0.15) is 17.3 Å². The number of anilines is 1. The first-order chi connectivity index (χ1) is 8.65. The van der Waals surface area contributed by atoms with Gasteiger partial charge in [0.2, 0.25) is 0 Å². The summed E-state index contributed by atoms with van der Waals surface area (Å²) in [5, 5.41) is 0. The smallest absolute Gasteiger partial charge is 0.141 e. The number of nitrogen functional groups attached to an aromatic ring is 1. The highest BCUT2D eigenvalue weighted by atomic mass is 16.5. The lowest BCUT2D eigenvalue weighted by molar-refractivity contribution is 0.396. The molecule has 1 heterocycles. The number of nitrogens with two attached hydrogens (primary N) is 1. The quantitative estimate of drug-likeness (QED) is 0.896. The van der Waals surface area contributed by atoms with E-state index in [-0.39, 0.29) is 0 Å². The number of benzene rings is 1. The van der Waals surface area contributed by atoms with Crippen molar-refractivity contribution in [3.05, 3.63) is 30.1 Å². The van der Waals surface area contributed by atoms with E-state index in [1.165, 1.54) is 6.20 Å². The van der Waals surface area contributed by atoms with Gasteiger partial charge in [-0.2, -0.15) is 0 Å². The molecule has 0 aliphatic heterocycles. The van der Waals surface area contributed by atoms with E-state index in [1.54, 1.807) is 20.4 Å². The number of aryl methyl sites for hydroxylation is 1. The van der Waals surface area contributed by atoms with Gasteiger partial charge in [-0.05, 0) is 24.6 Å². The molecular formula is C13H15N3O2. The number of hydrogen-bond acceptors (Lipinski definition) is 5. The molecule has 0 fully saturated rings. The molecule has 2 rings (SSSR count). The van der Waals surface area contributed by atoms with E-state index in [0.29, 0.717) is 23.0 Å². The molecule has 5 heteroatoms. The van der Waals surface area contributed by atoms with Gasteiger partial charge in [-0.25, -0.2) is 4.98 Å². The van der Waals surface area contributed by atoms with Gasteiger partial charge in [0.15, 0.2) is 0 Å². The second kappa shape index (κ2) is 4.91. The summed E-state index contributed by atoms with van der Waals surface area (Å²) in [5.74, 6) is 1.78. The Hall–Kier alpha value is -2.30. The predicted molar refractivity (Wildman–Crippen MR) is 69.7 cm³/mol. The van der Waals surface area contributed by atoms with Gasteiger partial charge in [-0.3, -0.25) is 4.98 Å². The van der Waals surface area contributed by atoms with Crippen LogP contribution in [0.1, 0.15) is 5.56 Å². The summed E-state index contributed by atoms with van der Waals surface area (Å²) in [4.78, 5) is 8.28. The standard InChI is InChI=1S/C13H15N3O2/c1-8-4-10(17-2)13(11(5-8)18-3)9-6-16-12(14)7-15-9/h4-7H,1-3H3,(H2,14,16). The second-order valence-electron chi connectivity index (χ2n) is 3.87. The number of ether oxygens (including phenoxy) is 2. The Balaban J connectivity index is 2.64. The molecule has 18 heavy (non-hydrogen) atoms. The predicted octanol–water partition coefficient (Wildman–Crippen LogP) is 2.05. The maximum atomic E-state index is 5.53. The molecule has 0 bridgehead atoms. The summed E-state index contributed by atoms with van der Waals surface area (Å²) in [7, 11) is 3.23. The molecule has 1 aromatic heterocycles. The van der Waals surface area contributed by atoms with Crippen molar-refractivity contribution >= 4 is 5.82 Å². The molecule has 0 amide bonds. The lowest BCUT2D eigenvalue weighted by Crippen LogP contribution is -1.98.